The maximum absolute atomic E-state index is 11.9. The molecule has 1 N–H and O–H groups in total. The van der Waals surface area contributed by atoms with Crippen LogP contribution < -0.4 is 5.43 Å². The predicted octanol–water partition coefficient (Wildman–Crippen LogP) is 2.73. The Bertz CT molecular complexity index is 867. The fourth-order valence-corrected chi connectivity index (χ4v) is 2.75. The van der Waals surface area contributed by atoms with Gasteiger partial charge in [-0.25, -0.2) is 10.2 Å². The predicted molar refractivity (Wildman–Crippen MR) is 101 cm³/mol. The fraction of sp³-hybridized carbons (Fsp3) is 0.350. The van der Waals surface area contributed by atoms with E-state index in [2.05, 4.69) is 10.5 Å². The maximum Gasteiger partial charge on any atom is 0.338 e. The molecule has 2 heterocycles. The summed E-state index contributed by atoms with van der Waals surface area (Å²) in [5, 5.41) is 3.89. The number of ether oxygens (including phenoxy) is 3. The Kier molecular flexibility index (Phi) is 6.23. The molecule has 1 amide bonds. The van der Waals surface area contributed by atoms with Crippen molar-refractivity contribution in [3.63, 3.8) is 0 Å². The molecule has 1 aromatic carbocycles. The minimum atomic E-state index is -0.901. The highest BCUT2D eigenvalue weighted by Crippen LogP contribution is 2.23. The van der Waals surface area contributed by atoms with E-state index in [0.717, 1.165) is 5.56 Å². The standard InChI is InChI=1S/C20H22N2O6/c1-3-25-19(24)15-6-4-5-14(11-15)17-8-7-16(28-17)13-21-22-18(23)12-20(2)26-9-10-27-20/h4-8,11,13H,3,9-10,12H2,1-2H3,(H,22,23)/b21-13+. The van der Waals surface area contributed by atoms with Gasteiger partial charge in [0.25, 0.3) is 0 Å². The average Bonchev–Trinajstić information content (AvgIpc) is 3.31. The lowest BCUT2D eigenvalue weighted by Gasteiger charge is -2.20. The van der Waals surface area contributed by atoms with Crippen molar-refractivity contribution in [1.29, 1.82) is 0 Å². The van der Waals surface area contributed by atoms with Crippen LogP contribution in [0.1, 0.15) is 36.4 Å². The largest absolute Gasteiger partial charge is 0.462 e. The van der Waals surface area contributed by atoms with Gasteiger partial charge < -0.3 is 18.6 Å². The van der Waals surface area contributed by atoms with Crippen LogP contribution in [0.2, 0.25) is 0 Å². The lowest BCUT2D eigenvalue weighted by Crippen LogP contribution is -2.33. The monoisotopic (exact) mass is 386 g/mol. The second kappa shape index (κ2) is 8.81. The minimum absolute atomic E-state index is 0.0500. The number of esters is 1. The van der Waals surface area contributed by atoms with E-state index in [1.165, 1.54) is 6.21 Å². The number of amides is 1. The summed E-state index contributed by atoms with van der Waals surface area (Å²) in [6.07, 6.45) is 1.45. The van der Waals surface area contributed by atoms with Gasteiger partial charge in [0.2, 0.25) is 5.91 Å². The second-order valence-electron chi connectivity index (χ2n) is 6.30. The smallest absolute Gasteiger partial charge is 0.338 e. The number of hydrogen-bond acceptors (Lipinski definition) is 7. The summed E-state index contributed by atoms with van der Waals surface area (Å²) in [6, 6.07) is 10.4. The lowest BCUT2D eigenvalue weighted by molar-refractivity contribution is -0.159. The molecule has 28 heavy (non-hydrogen) atoms. The van der Waals surface area contributed by atoms with Crippen LogP contribution in [0.4, 0.5) is 0 Å². The van der Waals surface area contributed by atoms with Crippen molar-refractivity contribution in [2.75, 3.05) is 19.8 Å². The highest BCUT2D eigenvalue weighted by Gasteiger charge is 2.33. The van der Waals surface area contributed by atoms with Crippen LogP contribution in [0, 0.1) is 0 Å². The van der Waals surface area contributed by atoms with Crippen LogP contribution in [0.5, 0.6) is 0 Å². The summed E-state index contributed by atoms with van der Waals surface area (Å²) < 4.78 is 21.5. The Hall–Kier alpha value is -2.97. The Morgan fingerprint density at radius 1 is 1.25 bits per heavy atom. The molecule has 1 saturated heterocycles. The molecular formula is C20H22N2O6. The first-order valence-electron chi connectivity index (χ1n) is 8.96. The van der Waals surface area contributed by atoms with Crippen LogP contribution in [0.15, 0.2) is 45.9 Å². The Balaban J connectivity index is 1.59. The Morgan fingerprint density at radius 2 is 2.04 bits per heavy atom. The lowest BCUT2D eigenvalue weighted by atomic mass is 10.1. The number of hydrogen-bond donors (Lipinski definition) is 1. The molecule has 1 aliphatic rings. The number of rotatable bonds is 7. The highest BCUT2D eigenvalue weighted by atomic mass is 16.7. The summed E-state index contributed by atoms with van der Waals surface area (Å²) in [4.78, 5) is 23.8. The van der Waals surface area contributed by atoms with Crippen LogP contribution >= 0.6 is 0 Å². The van der Waals surface area contributed by atoms with E-state index in [0.29, 0.717) is 36.9 Å². The van der Waals surface area contributed by atoms with Gasteiger partial charge in [-0.2, -0.15) is 5.10 Å². The zero-order valence-corrected chi connectivity index (χ0v) is 15.8. The summed E-state index contributed by atoms with van der Waals surface area (Å²) in [7, 11) is 0. The maximum atomic E-state index is 11.9. The van der Waals surface area contributed by atoms with Gasteiger partial charge in [-0.05, 0) is 38.1 Å². The molecule has 0 atom stereocenters. The van der Waals surface area contributed by atoms with E-state index >= 15 is 0 Å². The molecule has 0 bridgehead atoms. The topological polar surface area (TPSA) is 99.4 Å². The number of benzene rings is 1. The van der Waals surface area contributed by atoms with Crippen LogP contribution in [0.25, 0.3) is 11.3 Å². The summed E-state index contributed by atoms with van der Waals surface area (Å²) in [5.74, 6) is -0.587. The summed E-state index contributed by atoms with van der Waals surface area (Å²) in [5.41, 5.74) is 3.60. The van der Waals surface area contributed by atoms with E-state index in [1.54, 1.807) is 44.2 Å². The molecule has 1 aromatic heterocycles. The Morgan fingerprint density at radius 3 is 2.79 bits per heavy atom. The van der Waals surface area contributed by atoms with Gasteiger partial charge >= 0.3 is 5.97 Å². The van der Waals surface area contributed by atoms with Crippen molar-refractivity contribution >= 4 is 18.1 Å². The fourth-order valence-electron chi connectivity index (χ4n) is 2.75. The van der Waals surface area contributed by atoms with Gasteiger partial charge in [0.1, 0.15) is 11.5 Å². The molecule has 0 spiro atoms. The van der Waals surface area contributed by atoms with Gasteiger partial charge in [0, 0.05) is 5.56 Å². The molecule has 148 valence electrons. The molecular weight excluding hydrogens is 364 g/mol. The Labute approximate surface area is 162 Å². The van der Waals surface area contributed by atoms with Gasteiger partial charge in [-0.1, -0.05) is 12.1 Å². The summed E-state index contributed by atoms with van der Waals surface area (Å²) in [6.45, 7) is 4.73. The van der Waals surface area contributed by atoms with Crippen LogP contribution in [-0.2, 0) is 19.0 Å². The highest BCUT2D eigenvalue weighted by molar-refractivity contribution is 5.91. The van der Waals surface area contributed by atoms with Crippen LogP contribution in [-0.4, -0.2) is 43.7 Å². The molecule has 0 saturated carbocycles. The van der Waals surface area contributed by atoms with Crippen molar-refractivity contribution in [3.05, 3.63) is 47.7 Å². The molecule has 1 fully saturated rings. The van der Waals surface area contributed by atoms with Crippen molar-refractivity contribution in [2.45, 2.75) is 26.1 Å². The molecule has 0 aliphatic carbocycles. The molecule has 2 aromatic rings. The third kappa shape index (κ3) is 5.05. The zero-order chi connectivity index (χ0) is 20.0. The van der Waals surface area contributed by atoms with Gasteiger partial charge in [0.05, 0.1) is 38.0 Å². The molecule has 8 heteroatoms. The number of carbonyl (C=O) groups excluding carboxylic acids is 2. The number of nitrogens with zero attached hydrogens (tertiary/aromatic N) is 1. The molecule has 3 rings (SSSR count). The van der Waals surface area contributed by atoms with E-state index < -0.39 is 5.79 Å². The average molecular weight is 386 g/mol. The third-order valence-electron chi connectivity index (χ3n) is 4.05. The quantitative estimate of drug-likeness (QED) is 0.446. The molecule has 0 unspecified atom stereocenters. The first-order chi connectivity index (χ1) is 13.5. The number of furan rings is 1. The van der Waals surface area contributed by atoms with E-state index in [-0.39, 0.29) is 18.3 Å². The number of hydrazone groups is 1. The first kappa shape index (κ1) is 19.8. The van der Waals surface area contributed by atoms with Crippen molar-refractivity contribution < 1.29 is 28.2 Å². The van der Waals surface area contributed by atoms with Crippen molar-refractivity contribution in [1.82, 2.24) is 5.43 Å². The van der Waals surface area contributed by atoms with Gasteiger partial charge in [-0.15, -0.1) is 0 Å². The number of nitrogens with one attached hydrogen (secondary N) is 1. The third-order valence-corrected chi connectivity index (χ3v) is 4.05. The summed E-state index contributed by atoms with van der Waals surface area (Å²) >= 11 is 0. The zero-order valence-electron chi connectivity index (χ0n) is 15.8. The first-order valence-corrected chi connectivity index (χ1v) is 8.96. The second-order valence-corrected chi connectivity index (χ2v) is 6.30. The minimum Gasteiger partial charge on any atom is -0.462 e. The van der Waals surface area contributed by atoms with E-state index in [9.17, 15) is 9.59 Å². The molecule has 8 nitrogen and oxygen atoms in total. The van der Waals surface area contributed by atoms with Crippen molar-refractivity contribution in [2.24, 2.45) is 5.10 Å². The van der Waals surface area contributed by atoms with E-state index in [1.807, 2.05) is 6.07 Å². The number of carbonyl (C=O) groups is 2. The SMILES string of the molecule is CCOC(=O)c1cccc(-c2ccc(/C=N/NC(=O)CC3(C)OCCO3)o2)c1. The normalized spacial score (nSPS) is 15.6. The van der Waals surface area contributed by atoms with E-state index in [4.69, 9.17) is 18.6 Å². The molecule has 0 radical (unpaired) electrons. The van der Waals surface area contributed by atoms with Crippen molar-refractivity contribution in [3.8, 4) is 11.3 Å². The van der Waals surface area contributed by atoms with Crippen LogP contribution in [0.3, 0.4) is 0 Å². The van der Waals surface area contributed by atoms with Gasteiger partial charge in [-0.3, -0.25) is 4.79 Å². The van der Waals surface area contributed by atoms with Gasteiger partial charge in [0.15, 0.2) is 5.79 Å². The molecule has 1 aliphatic heterocycles.